The third-order valence-electron chi connectivity index (χ3n) is 1.57. The molecule has 0 aromatic carbocycles. The Morgan fingerprint density at radius 2 is 1.92 bits per heavy atom. The molecule has 0 radical (unpaired) electrons. The van der Waals surface area contributed by atoms with E-state index in [1.807, 2.05) is 6.92 Å². The number of aliphatic hydroxyl groups excluding tert-OH is 1. The van der Waals surface area contributed by atoms with Crippen LogP contribution < -0.4 is 5.32 Å². The van der Waals surface area contributed by atoms with E-state index in [0.29, 0.717) is 6.61 Å². The molecule has 0 fully saturated rings. The van der Waals surface area contributed by atoms with Crippen LogP contribution in [0.2, 0.25) is 0 Å². The summed E-state index contributed by atoms with van der Waals surface area (Å²) >= 11 is 0. The van der Waals surface area contributed by atoms with Gasteiger partial charge < -0.3 is 15.2 Å². The second-order valence-corrected chi connectivity index (χ2v) is 4.34. The third-order valence-corrected chi connectivity index (χ3v) is 1.57. The summed E-state index contributed by atoms with van der Waals surface area (Å²) in [5, 5.41) is 12.3. The van der Waals surface area contributed by atoms with Crippen molar-refractivity contribution in [3.63, 3.8) is 0 Å². The summed E-state index contributed by atoms with van der Waals surface area (Å²) < 4.78 is 5.25. The van der Waals surface area contributed by atoms with Gasteiger partial charge in [0.25, 0.3) is 0 Å². The van der Waals surface area contributed by atoms with Crippen LogP contribution >= 0.6 is 0 Å². The maximum atomic E-state index is 9.40. The molecule has 0 amide bonds. The van der Waals surface area contributed by atoms with Crippen molar-refractivity contribution in [2.45, 2.75) is 40.0 Å². The van der Waals surface area contributed by atoms with Crippen LogP contribution in [0.1, 0.15) is 27.7 Å². The van der Waals surface area contributed by atoms with Gasteiger partial charge in [-0.05, 0) is 19.4 Å². The lowest BCUT2D eigenvalue weighted by Crippen LogP contribution is -2.38. The van der Waals surface area contributed by atoms with Gasteiger partial charge in [-0.1, -0.05) is 20.8 Å². The summed E-state index contributed by atoms with van der Waals surface area (Å²) in [5.74, 6) is 0. The molecule has 0 spiro atoms. The Labute approximate surface area is 75.1 Å². The van der Waals surface area contributed by atoms with Crippen LogP contribution in [-0.4, -0.2) is 31.1 Å². The molecule has 0 aromatic heterocycles. The van der Waals surface area contributed by atoms with E-state index < -0.39 is 6.29 Å². The molecular weight excluding hydrogens is 154 g/mol. The first-order valence-corrected chi connectivity index (χ1v) is 4.34. The first-order chi connectivity index (χ1) is 5.37. The summed E-state index contributed by atoms with van der Waals surface area (Å²) in [5.41, 5.74) is 0.106. The fourth-order valence-electron chi connectivity index (χ4n) is 0.622. The van der Waals surface area contributed by atoms with E-state index in [9.17, 15) is 5.11 Å². The normalized spacial score (nSPS) is 17.5. The van der Waals surface area contributed by atoms with E-state index in [0.717, 1.165) is 0 Å². The lowest BCUT2D eigenvalue weighted by atomic mass is 9.99. The van der Waals surface area contributed by atoms with Crippen LogP contribution in [0.25, 0.3) is 0 Å². The largest absolute Gasteiger partial charge is 0.367 e. The van der Waals surface area contributed by atoms with Crippen molar-refractivity contribution in [1.29, 1.82) is 0 Å². The molecule has 0 aromatic rings. The van der Waals surface area contributed by atoms with Gasteiger partial charge >= 0.3 is 0 Å². The van der Waals surface area contributed by atoms with Gasteiger partial charge in [0.15, 0.2) is 6.29 Å². The number of nitrogens with one attached hydrogen (secondary N) is 1. The summed E-state index contributed by atoms with van der Waals surface area (Å²) in [6.07, 6.45) is -0.714. The van der Waals surface area contributed by atoms with Gasteiger partial charge in [-0.15, -0.1) is 0 Å². The molecule has 0 rings (SSSR count). The van der Waals surface area contributed by atoms with Crippen molar-refractivity contribution < 1.29 is 9.84 Å². The Morgan fingerprint density at radius 1 is 1.42 bits per heavy atom. The van der Waals surface area contributed by atoms with Crippen molar-refractivity contribution in [1.82, 2.24) is 5.32 Å². The highest BCUT2D eigenvalue weighted by Crippen LogP contribution is 2.14. The number of aliphatic hydroxyl groups is 1. The highest BCUT2D eigenvalue weighted by atomic mass is 16.6. The van der Waals surface area contributed by atoms with Crippen LogP contribution in [0.4, 0.5) is 0 Å². The molecule has 3 heteroatoms. The zero-order chi connectivity index (χ0) is 9.78. The molecular formula is C9H21NO2. The summed E-state index contributed by atoms with van der Waals surface area (Å²) in [7, 11) is 1.80. The molecule has 0 saturated heterocycles. The number of hydrogen-bond acceptors (Lipinski definition) is 3. The van der Waals surface area contributed by atoms with E-state index in [1.54, 1.807) is 7.05 Å². The standard InChI is InChI=1S/C9H21NO2/c1-7(10-5)8(11)12-6-9(2,3)4/h7-8,10-11H,6H2,1-5H3. The van der Waals surface area contributed by atoms with E-state index in [2.05, 4.69) is 26.1 Å². The molecule has 2 N–H and O–H groups in total. The van der Waals surface area contributed by atoms with Gasteiger partial charge in [0.1, 0.15) is 0 Å². The van der Waals surface area contributed by atoms with Gasteiger partial charge in [-0.3, -0.25) is 0 Å². The van der Waals surface area contributed by atoms with Crippen LogP contribution in [0, 0.1) is 5.41 Å². The minimum atomic E-state index is -0.714. The molecule has 74 valence electrons. The zero-order valence-corrected chi connectivity index (χ0v) is 8.72. The number of ether oxygens (including phenoxy) is 1. The van der Waals surface area contributed by atoms with E-state index >= 15 is 0 Å². The predicted molar refractivity (Wildman–Crippen MR) is 49.9 cm³/mol. The maximum absolute atomic E-state index is 9.40. The molecule has 0 aliphatic heterocycles. The fourth-order valence-corrected chi connectivity index (χ4v) is 0.622. The predicted octanol–water partition coefficient (Wildman–Crippen LogP) is 0.975. The molecule has 0 heterocycles. The minimum absolute atomic E-state index is 0.0210. The topological polar surface area (TPSA) is 41.5 Å². The molecule has 0 aliphatic carbocycles. The molecule has 0 saturated carbocycles. The Balaban J connectivity index is 3.64. The monoisotopic (exact) mass is 175 g/mol. The Hall–Kier alpha value is -0.120. The van der Waals surface area contributed by atoms with Crippen molar-refractivity contribution >= 4 is 0 Å². The van der Waals surface area contributed by atoms with Crippen LogP contribution in [-0.2, 0) is 4.74 Å². The van der Waals surface area contributed by atoms with Gasteiger partial charge in [0, 0.05) is 0 Å². The van der Waals surface area contributed by atoms with Crippen molar-refractivity contribution in [2.24, 2.45) is 5.41 Å². The Bertz CT molecular complexity index is 120. The smallest absolute Gasteiger partial charge is 0.169 e. The molecule has 2 unspecified atom stereocenters. The molecule has 3 nitrogen and oxygen atoms in total. The quantitative estimate of drug-likeness (QED) is 0.626. The Kier molecular flexibility index (Phi) is 4.75. The second-order valence-electron chi connectivity index (χ2n) is 4.34. The van der Waals surface area contributed by atoms with Gasteiger partial charge in [-0.2, -0.15) is 0 Å². The lowest BCUT2D eigenvalue weighted by molar-refractivity contribution is -0.133. The third kappa shape index (κ3) is 5.52. The first kappa shape index (κ1) is 11.9. The minimum Gasteiger partial charge on any atom is -0.367 e. The summed E-state index contributed by atoms with van der Waals surface area (Å²) in [4.78, 5) is 0. The van der Waals surface area contributed by atoms with Crippen molar-refractivity contribution in [3.8, 4) is 0 Å². The van der Waals surface area contributed by atoms with E-state index in [4.69, 9.17) is 4.74 Å². The van der Waals surface area contributed by atoms with Gasteiger partial charge in [-0.25, -0.2) is 0 Å². The highest BCUT2D eigenvalue weighted by Gasteiger charge is 2.17. The highest BCUT2D eigenvalue weighted by molar-refractivity contribution is 4.64. The zero-order valence-electron chi connectivity index (χ0n) is 8.72. The number of likely N-dealkylation sites (N-methyl/N-ethyl adjacent to an activating group) is 1. The van der Waals surface area contributed by atoms with Crippen molar-refractivity contribution in [3.05, 3.63) is 0 Å². The van der Waals surface area contributed by atoms with E-state index in [-0.39, 0.29) is 11.5 Å². The number of rotatable bonds is 4. The molecule has 12 heavy (non-hydrogen) atoms. The number of hydrogen-bond donors (Lipinski definition) is 2. The fraction of sp³-hybridized carbons (Fsp3) is 1.00. The maximum Gasteiger partial charge on any atom is 0.169 e. The average molecular weight is 175 g/mol. The summed E-state index contributed by atoms with van der Waals surface area (Å²) in [6, 6.07) is -0.0210. The Morgan fingerprint density at radius 3 is 2.25 bits per heavy atom. The van der Waals surface area contributed by atoms with Gasteiger partial charge in [0.05, 0.1) is 12.6 Å². The van der Waals surface area contributed by atoms with Gasteiger partial charge in [0.2, 0.25) is 0 Å². The first-order valence-electron chi connectivity index (χ1n) is 4.34. The molecule has 0 aliphatic rings. The molecule has 2 atom stereocenters. The van der Waals surface area contributed by atoms with Crippen LogP contribution in [0.15, 0.2) is 0 Å². The van der Waals surface area contributed by atoms with Crippen molar-refractivity contribution in [2.75, 3.05) is 13.7 Å². The van der Waals surface area contributed by atoms with Crippen LogP contribution in [0.5, 0.6) is 0 Å². The van der Waals surface area contributed by atoms with Crippen LogP contribution in [0.3, 0.4) is 0 Å². The SMILES string of the molecule is CNC(C)C(O)OCC(C)(C)C. The van der Waals surface area contributed by atoms with E-state index in [1.165, 1.54) is 0 Å². The summed E-state index contributed by atoms with van der Waals surface area (Å²) in [6.45, 7) is 8.67. The lowest BCUT2D eigenvalue weighted by Gasteiger charge is -2.24. The average Bonchev–Trinajstić information content (AvgIpc) is 1.97. The molecule has 0 bridgehead atoms. The second kappa shape index (κ2) is 4.80.